The van der Waals surface area contributed by atoms with Crippen LogP contribution in [0, 0.1) is 0 Å². The molecule has 1 unspecified atom stereocenters. The fourth-order valence-electron chi connectivity index (χ4n) is 6.23. The minimum absolute atomic E-state index is 0.588. The van der Waals surface area contributed by atoms with Gasteiger partial charge in [0.25, 0.3) is 0 Å². The SMILES string of the molecule is O=P12c3ccccc3Oc3cccc(c31)Oc1ccc(-c3ccc(-c4cccc5c4oc4ccccc45)cc3)cc12. The zero-order chi connectivity index (χ0) is 27.1. The van der Waals surface area contributed by atoms with Crippen LogP contribution in [0.2, 0.25) is 0 Å². The molecule has 0 spiro atoms. The normalized spacial score (nSPS) is 16.4. The summed E-state index contributed by atoms with van der Waals surface area (Å²) >= 11 is 0. The van der Waals surface area contributed by atoms with Gasteiger partial charge in [-0.25, -0.2) is 0 Å². The molecule has 0 aliphatic carbocycles. The van der Waals surface area contributed by atoms with Crippen molar-refractivity contribution in [2.45, 2.75) is 0 Å². The zero-order valence-electron chi connectivity index (χ0n) is 21.7. The van der Waals surface area contributed by atoms with E-state index in [0.29, 0.717) is 38.9 Å². The molecule has 41 heavy (non-hydrogen) atoms. The lowest BCUT2D eigenvalue weighted by atomic mass is 9.99. The zero-order valence-corrected chi connectivity index (χ0v) is 22.6. The fourth-order valence-corrected chi connectivity index (χ4v) is 9.31. The predicted octanol–water partition coefficient (Wildman–Crippen LogP) is 8.77. The van der Waals surface area contributed by atoms with Gasteiger partial charge in [-0.2, -0.15) is 0 Å². The summed E-state index contributed by atoms with van der Waals surface area (Å²) in [5.41, 5.74) is 5.90. The summed E-state index contributed by atoms with van der Waals surface area (Å²) in [5, 5.41) is 4.26. The fraction of sp³-hybridized carbons (Fsp3) is 0. The minimum atomic E-state index is -3.22. The minimum Gasteiger partial charge on any atom is -0.456 e. The second-order valence-electron chi connectivity index (χ2n) is 10.4. The van der Waals surface area contributed by atoms with Crippen LogP contribution in [0.15, 0.2) is 132 Å². The van der Waals surface area contributed by atoms with Crippen molar-refractivity contribution in [3.8, 4) is 45.3 Å². The maximum Gasteiger partial charge on any atom is 0.185 e. The summed E-state index contributed by atoms with van der Waals surface area (Å²) in [6, 6.07) is 42.0. The smallest absolute Gasteiger partial charge is 0.185 e. The quantitative estimate of drug-likeness (QED) is 0.203. The van der Waals surface area contributed by atoms with E-state index in [4.69, 9.17) is 13.9 Å². The van der Waals surface area contributed by atoms with E-state index >= 15 is 4.57 Å². The molecule has 0 fully saturated rings. The van der Waals surface area contributed by atoms with E-state index in [1.165, 1.54) is 0 Å². The highest BCUT2D eigenvalue weighted by atomic mass is 31.2. The molecule has 5 heteroatoms. The van der Waals surface area contributed by atoms with Gasteiger partial charge in [0.1, 0.15) is 39.5 Å². The molecule has 1 atom stereocenters. The Morgan fingerprint density at radius 1 is 0.488 bits per heavy atom. The molecule has 0 amide bonds. The van der Waals surface area contributed by atoms with E-state index in [1.54, 1.807) is 0 Å². The van der Waals surface area contributed by atoms with Crippen LogP contribution in [0.4, 0.5) is 0 Å². The first-order valence-electron chi connectivity index (χ1n) is 13.5. The molecule has 9 rings (SSSR count). The van der Waals surface area contributed by atoms with Crippen LogP contribution in [-0.4, -0.2) is 0 Å². The van der Waals surface area contributed by atoms with Crippen LogP contribution in [0.3, 0.4) is 0 Å². The van der Waals surface area contributed by atoms with Crippen molar-refractivity contribution < 1.29 is 18.5 Å². The lowest BCUT2D eigenvalue weighted by molar-refractivity contribution is 0.461. The van der Waals surface area contributed by atoms with Crippen molar-refractivity contribution in [1.82, 2.24) is 0 Å². The summed E-state index contributed by atoms with van der Waals surface area (Å²) in [6.45, 7) is 0. The third-order valence-corrected chi connectivity index (χ3v) is 11.3. The van der Waals surface area contributed by atoms with Crippen molar-refractivity contribution in [1.29, 1.82) is 0 Å². The molecule has 2 aliphatic heterocycles. The van der Waals surface area contributed by atoms with Gasteiger partial charge in [-0.3, -0.25) is 0 Å². The number of ether oxygens (including phenoxy) is 2. The maximum atomic E-state index is 15.2. The average molecular weight is 549 g/mol. The van der Waals surface area contributed by atoms with Gasteiger partial charge in [0.15, 0.2) is 7.14 Å². The first-order valence-corrected chi connectivity index (χ1v) is 15.2. The molecule has 7 aromatic rings. The summed E-state index contributed by atoms with van der Waals surface area (Å²) in [6.07, 6.45) is 0. The number of rotatable bonds is 2. The number of fused-ring (bicyclic) bond motifs is 7. The highest BCUT2D eigenvalue weighted by Gasteiger charge is 2.46. The van der Waals surface area contributed by atoms with E-state index in [0.717, 1.165) is 44.2 Å². The van der Waals surface area contributed by atoms with Gasteiger partial charge in [-0.1, -0.05) is 84.9 Å². The Morgan fingerprint density at radius 3 is 1.98 bits per heavy atom. The Hall–Kier alpha value is -5.05. The highest BCUT2D eigenvalue weighted by molar-refractivity contribution is 7.86. The third kappa shape index (κ3) is 3.14. The molecule has 1 aromatic heterocycles. The standard InChI is InChI=1S/C36H21O4P/c37-41-33-14-4-3-11-29(33)38-31-12-6-13-32(36(31)41)39-30-20-19-24(21-34(30)41)22-15-17-23(18-16-22)25-8-5-9-27-26-7-1-2-10-28(26)40-35(25)27/h1-21H. The first kappa shape index (κ1) is 22.7. The highest BCUT2D eigenvalue weighted by Crippen LogP contribution is 2.58. The topological polar surface area (TPSA) is 48.7 Å². The van der Waals surface area contributed by atoms with Gasteiger partial charge in [0.05, 0.1) is 10.6 Å². The Labute approximate surface area is 235 Å². The Kier molecular flexibility index (Phi) is 4.57. The van der Waals surface area contributed by atoms with E-state index in [-0.39, 0.29) is 0 Å². The molecule has 194 valence electrons. The molecule has 0 saturated carbocycles. The Morgan fingerprint density at radius 2 is 1.12 bits per heavy atom. The van der Waals surface area contributed by atoms with E-state index in [1.807, 2.05) is 78.9 Å². The van der Waals surface area contributed by atoms with Crippen LogP contribution in [0.25, 0.3) is 44.2 Å². The maximum absolute atomic E-state index is 15.2. The summed E-state index contributed by atoms with van der Waals surface area (Å²) in [4.78, 5) is 0. The number of benzene rings is 6. The van der Waals surface area contributed by atoms with Crippen molar-refractivity contribution in [2.24, 2.45) is 0 Å². The van der Waals surface area contributed by atoms with Gasteiger partial charge in [0, 0.05) is 16.3 Å². The monoisotopic (exact) mass is 548 g/mol. The molecule has 2 aliphatic rings. The van der Waals surface area contributed by atoms with Crippen molar-refractivity contribution in [2.75, 3.05) is 0 Å². The molecular weight excluding hydrogens is 527 g/mol. The number of para-hydroxylation sites is 3. The predicted molar refractivity (Wildman–Crippen MR) is 164 cm³/mol. The van der Waals surface area contributed by atoms with Crippen molar-refractivity contribution in [3.63, 3.8) is 0 Å². The lowest BCUT2D eigenvalue weighted by Crippen LogP contribution is -2.35. The van der Waals surface area contributed by atoms with Gasteiger partial charge >= 0.3 is 0 Å². The second-order valence-corrected chi connectivity index (χ2v) is 13.1. The van der Waals surface area contributed by atoms with Gasteiger partial charge in [-0.15, -0.1) is 0 Å². The Bertz CT molecular complexity index is 2230. The molecular formula is C36H21O4P. The average Bonchev–Trinajstić information content (AvgIpc) is 3.40. The van der Waals surface area contributed by atoms with E-state index in [2.05, 4.69) is 48.5 Å². The number of hydrogen-bond donors (Lipinski definition) is 0. The van der Waals surface area contributed by atoms with Crippen LogP contribution >= 0.6 is 7.14 Å². The molecule has 4 nitrogen and oxygen atoms in total. The van der Waals surface area contributed by atoms with Crippen molar-refractivity contribution >= 4 is 45.0 Å². The van der Waals surface area contributed by atoms with Crippen LogP contribution in [-0.2, 0) is 4.57 Å². The molecule has 0 radical (unpaired) electrons. The summed E-state index contributed by atoms with van der Waals surface area (Å²) in [7, 11) is -3.22. The molecule has 0 saturated heterocycles. The largest absolute Gasteiger partial charge is 0.456 e. The molecule has 3 heterocycles. The third-order valence-electron chi connectivity index (χ3n) is 8.15. The number of furan rings is 1. The molecule has 0 N–H and O–H groups in total. The van der Waals surface area contributed by atoms with E-state index in [9.17, 15) is 0 Å². The first-order chi connectivity index (χ1) is 20.2. The van der Waals surface area contributed by atoms with Gasteiger partial charge in [0.2, 0.25) is 0 Å². The molecule has 6 aromatic carbocycles. The van der Waals surface area contributed by atoms with Crippen LogP contribution < -0.4 is 25.4 Å². The second kappa shape index (κ2) is 8.23. The number of hydrogen-bond acceptors (Lipinski definition) is 4. The Balaban J connectivity index is 1.17. The van der Waals surface area contributed by atoms with E-state index < -0.39 is 7.14 Å². The van der Waals surface area contributed by atoms with Crippen molar-refractivity contribution in [3.05, 3.63) is 127 Å². The summed E-state index contributed by atoms with van der Waals surface area (Å²) in [5.74, 6) is 2.42. The lowest BCUT2D eigenvalue weighted by Gasteiger charge is -2.34. The van der Waals surface area contributed by atoms with Crippen LogP contribution in [0.5, 0.6) is 23.0 Å². The van der Waals surface area contributed by atoms with Gasteiger partial charge in [-0.05, 0) is 59.2 Å². The van der Waals surface area contributed by atoms with Crippen LogP contribution in [0.1, 0.15) is 0 Å². The molecule has 0 bridgehead atoms. The summed E-state index contributed by atoms with van der Waals surface area (Å²) < 4.78 is 33.9. The van der Waals surface area contributed by atoms with Gasteiger partial charge < -0.3 is 18.5 Å².